The van der Waals surface area contributed by atoms with E-state index in [2.05, 4.69) is 42.0 Å². The lowest BCUT2D eigenvalue weighted by Gasteiger charge is -2.31. The molecule has 0 rings (SSSR count). The zero-order valence-corrected chi connectivity index (χ0v) is 14.5. The lowest BCUT2D eigenvalue weighted by atomic mass is 9.90. The van der Waals surface area contributed by atoms with Crippen LogP contribution >= 0.6 is 0 Å². The maximum absolute atomic E-state index is 11.6. The molecule has 0 saturated carbocycles. The Kier molecular flexibility index (Phi) is 12.4. The number of carbonyl (C=O) groups excluding carboxylic acids is 1. The quantitative estimate of drug-likeness (QED) is 0.394. The van der Waals surface area contributed by atoms with E-state index in [4.69, 9.17) is 0 Å². The average Bonchev–Trinajstić information content (AvgIpc) is 2.47. The van der Waals surface area contributed by atoms with Crippen LogP contribution in [-0.4, -0.2) is 45.3 Å². The Morgan fingerprint density at radius 2 is 1.38 bits per heavy atom. The molecule has 0 aromatic carbocycles. The molecule has 0 aromatic rings. The monoisotopic (exact) mass is 300 g/mol. The first kappa shape index (κ1) is 20.2. The molecular weight excluding hydrogens is 264 g/mol. The van der Waals surface area contributed by atoms with Crippen LogP contribution < -0.4 is 21.3 Å². The first-order valence-electron chi connectivity index (χ1n) is 8.51. The Morgan fingerprint density at radius 1 is 0.857 bits per heavy atom. The van der Waals surface area contributed by atoms with E-state index in [-0.39, 0.29) is 11.4 Å². The molecule has 0 fully saturated rings. The van der Waals surface area contributed by atoms with Gasteiger partial charge in [-0.2, -0.15) is 0 Å². The number of rotatable bonds is 13. The summed E-state index contributed by atoms with van der Waals surface area (Å²) in [5.74, 6) is 0. The Morgan fingerprint density at radius 3 is 1.81 bits per heavy atom. The van der Waals surface area contributed by atoms with Crippen LogP contribution in [-0.2, 0) is 0 Å². The van der Waals surface area contributed by atoms with Crippen LogP contribution in [0.3, 0.4) is 0 Å². The van der Waals surface area contributed by atoms with Crippen molar-refractivity contribution in [2.45, 2.75) is 53.4 Å². The van der Waals surface area contributed by atoms with Crippen molar-refractivity contribution < 1.29 is 4.79 Å². The van der Waals surface area contributed by atoms with Crippen molar-refractivity contribution in [1.82, 2.24) is 21.3 Å². The molecule has 0 bridgehead atoms. The van der Waals surface area contributed by atoms with E-state index in [1.54, 1.807) is 0 Å². The van der Waals surface area contributed by atoms with Gasteiger partial charge in [0.15, 0.2) is 0 Å². The van der Waals surface area contributed by atoms with Gasteiger partial charge in [-0.15, -0.1) is 0 Å². The normalized spacial score (nSPS) is 11.4. The predicted octanol–water partition coefficient (Wildman–Crippen LogP) is 2.09. The van der Waals surface area contributed by atoms with Crippen molar-refractivity contribution in [1.29, 1.82) is 0 Å². The van der Waals surface area contributed by atoms with Gasteiger partial charge in [0.05, 0.1) is 0 Å². The first-order chi connectivity index (χ1) is 10.1. The fourth-order valence-electron chi connectivity index (χ4n) is 2.09. The summed E-state index contributed by atoms with van der Waals surface area (Å²) in [5.41, 5.74) is 0.0343. The molecule has 126 valence electrons. The number of unbranched alkanes of at least 4 members (excludes halogenated alkanes) is 2. The largest absolute Gasteiger partial charge is 0.338 e. The summed E-state index contributed by atoms with van der Waals surface area (Å²) in [7, 11) is 0. The van der Waals surface area contributed by atoms with Crippen molar-refractivity contribution in [3.63, 3.8) is 0 Å². The number of urea groups is 1. The van der Waals surface area contributed by atoms with Crippen LogP contribution in [0.4, 0.5) is 4.79 Å². The lowest BCUT2D eigenvalue weighted by Crippen LogP contribution is -2.50. The molecule has 5 heteroatoms. The van der Waals surface area contributed by atoms with Crippen molar-refractivity contribution >= 4 is 6.03 Å². The second-order valence-electron chi connectivity index (χ2n) is 6.08. The Bertz CT molecular complexity index is 247. The predicted molar refractivity (Wildman–Crippen MR) is 90.7 cm³/mol. The van der Waals surface area contributed by atoms with E-state index in [1.165, 1.54) is 25.7 Å². The summed E-state index contributed by atoms with van der Waals surface area (Å²) >= 11 is 0. The first-order valence-corrected chi connectivity index (χ1v) is 8.51. The van der Waals surface area contributed by atoms with Gasteiger partial charge in [-0.1, -0.05) is 33.6 Å². The third-order valence-electron chi connectivity index (χ3n) is 3.53. The van der Waals surface area contributed by atoms with Crippen LogP contribution in [0, 0.1) is 5.41 Å². The molecule has 0 radical (unpaired) electrons. The fraction of sp³-hybridized carbons (Fsp3) is 0.938. The van der Waals surface area contributed by atoms with Crippen molar-refractivity contribution in [3.8, 4) is 0 Å². The Labute approximate surface area is 131 Å². The molecule has 0 saturated heterocycles. The van der Waals surface area contributed by atoms with E-state index in [1.807, 2.05) is 6.92 Å². The highest BCUT2D eigenvalue weighted by atomic mass is 16.2. The molecule has 0 heterocycles. The molecule has 0 atom stereocenters. The standard InChI is InChI=1S/C16H36N4O/c1-5-8-10-17-12-16(4,13-18-11-9-6-2)14-20-15(21)19-7-3/h17-18H,5-14H2,1-4H3,(H2,19,20,21). The topological polar surface area (TPSA) is 65.2 Å². The van der Waals surface area contributed by atoms with E-state index in [0.29, 0.717) is 13.1 Å². The van der Waals surface area contributed by atoms with E-state index in [0.717, 1.165) is 26.2 Å². The number of carbonyl (C=O) groups is 1. The molecule has 0 aliphatic carbocycles. The minimum absolute atomic E-state index is 0.0343. The third-order valence-corrected chi connectivity index (χ3v) is 3.53. The summed E-state index contributed by atoms with van der Waals surface area (Å²) in [6.45, 7) is 13.8. The van der Waals surface area contributed by atoms with Crippen LogP contribution in [0.25, 0.3) is 0 Å². The minimum atomic E-state index is -0.0779. The summed E-state index contributed by atoms with van der Waals surface area (Å²) in [6, 6.07) is -0.0779. The number of nitrogens with one attached hydrogen (secondary N) is 4. The van der Waals surface area contributed by atoms with Crippen LogP contribution in [0.1, 0.15) is 53.4 Å². The van der Waals surface area contributed by atoms with Gasteiger partial charge in [0.25, 0.3) is 0 Å². The zero-order valence-electron chi connectivity index (χ0n) is 14.5. The zero-order chi connectivity index (χ0) is 16.0. The van der Waals surface area contributed by atoms with Crippen LogP contribution in [0.2, 0.25) is 0 Å². The van der Waals surface area contributed by atoms with Gasteiger partial charge in [-0.05, 0) is 32.9 Å². The SMILES string of the molecule is CCCCNCC(C)(CNCCCC)CNC(=O)NCC. The highest BCUT2D eigenvalue weighted by molar-refractivity contribution is 5.73. The number of hydrogen-bond acceptors (Lipinski definition) is 3. The summed E-state index contributed by atoms with van der Waals surface area (Å²) < 4.78 is 0. The van der Waals surface area contributed by atoms with Crippen molar-refractivity contribution in [3.05, 3.63) is 0 Å². The third kappa shape index (κ3) is 11.5. The molecule has 4 N–H and O–H groups in total. The highest BCUT2D eigenvalue weighted by Crippen LogP contribution is 2.12. The molecule has 0 aliphatic rings. The molecule has 21 heavy (non-hydrogen) atoms. The van der Waals surface area contributed by atoms with Gasteiger partial charge in [0.1, 0.15) is 0 Å². The second kappa shape index (κ2) is 12.9. The van der Waals surface area contributed by atoms with Gasteiger partial charge < -0.3 is 21.3 Å². The molecule has 0 spiro atoms. The average molecular weight is 300 g/mol. The van der Waals surface area contributed by atoms with Crippen molar-refractivity contribution in [2.75, 3.05) is 39.3 Å². The Balaban J connectivity index is 4.19. The minimum Gasteiger partial charge on any atom is -0.338 e. The highest BCUT2D eigenvalue weighted by Gasteiger charge is 2.24. The maximum atomic E-state index is 11.6. The molecule has 0 unspecified atom stereocenters. The van der Waals surface area contributed by atoms with Crippen molar-refractivity contribution in [2.24, 2.45) is 5.41 Å². The van der Waals surface area contributed by atoms with E-state index in [9.17, 15) is 4.79 Å². The van der Waals surface area contributed by atoms with E-state index >= 15 is 0 Å². The lowest BCUT2D eigenvalue weighted by molar-refractivity contribution is 0.227. The van der Waals surface area contributed by atoms with E-state index < -0.39 is 0 Å². The van der Waals surface area contributed by atoms with Gasteiger partial charge in [0, 0.05) is 31.6 Å². The van der Waals surface area contributed by atoms with Gasteiger partial charge in [-0.3, -0.25) is 0 Å². The Hall–Kier alpha value is -0.810. The number of hydrogen-bond donors (Lipinski definition) is 4. The van der Waals surface area contributed by atoms with Gasteiger partial charge in [0.2, 0.25) is 0 Å². The van der Waals surface area contributed by atoms with Gasteiger partial charge in [-0.25, -0.2) is 4.79 Å². The molecule has 0 aromatic heterocycles. The molecule has 0 aliphatic heterocycles. The molecular formula is C16H36N4O. The summed E-state index contributed by atoms with van der Waals surface area (Å²) in [6.07, 6.45) is 4.80. The summed E-state index contributed by atoms with van der Waals surface area (Å²) in [5, 5.41) is 12.8. The second-order valence-corrected chi connectivity index (χ2v) is 6.08. The summed E-state index contributed by atoms with van der Waals surface area (Å²) in [4.78, 5) is 11.6. The van der Waals surface area contributed by atoms with Crippen LogP contribution in [0.5, 0.6) is 0 Å². The van der Waals surface area contributed by atoms with Gasteiger partial charge >= 0.3 is 6.03 Å². The maximum Gasteiger partial charge on any atom is 0.314 e. The number of amides is 2. The fourth-order valence-corrected chi connectivity index (χ4v) is 2.09. The smallest absolute Gasteiger partial charge is 0.314 e. The molecule has 5 nitrogen and oxygen atoms in total. The molecule has 2 amide bonds. The van der Waals surface area contributed by atoms with Crippen LogP contribution in [0.15, 0.2) is 0 Å².